The molecule has 3 nitrogen and oxygen atoms in total. The van der Waals surface area contributed by atoms with Crippen LogP contribution in [0.5, 0.6) is 5.75 Å². The van der Waals surface area contributed by atoms with Gasteiger partial charge in [-0.25, -0.2) is 4.79 Å². The Morgan fingerprint density at radius 3 is 2.06 bits per heavy atom. The number of benzene rings is 3. The summed E-state index contributed by atoms with van der Waals surface area (Å²) in [6, 6.07) is 23.7. The molecule has 3 aromatic rings. The van der Waals surface area contributed by atoms with Crippen LogP contribution in [0.1, 0.15) is 56.6 Å². The number of aryl methyl sites for hydroxylation is 1. The lowest BCUT2D eigenvalue weighted by Crippen LogP contribution is -2.24. The van der Waals surface area contributed by atoms with Gasteiger partial charge in [0.1, 0.15) is 5.75 Å². The summed E-state index contributed by atoms with van der Waals surface area (Å²) < 4.78 is 10.4. The van der Waals surface area contributed by atoms with Gasteiger partial charge >= 0.3 is 5.97 Å². The fourth-order valence-electron chi connectivity index (χ4n) is 4.84. The quantitative estimate of drug-likeness (QED) is 0.369. The molecule has 0 spiro atoms. The van der Waals surface area contributed by atoms with Crippen LogP contribution in [0.4, 0.5) is 0 Å². The molecule has 0 aliphatic heterocycles. The molecule has 1 aliphatic carbocycles. The monoisotopic (exact) mass is 442 g/mol. The molecule has 0 aromatic heterocycles. The molecule has 1 aliphatic rings. The number of methoxy groups -OCH3 is 1. The second kappa shape index (κ2) is 10.2. The molecule has 0 saturated heterocycles. The molecule has 0 N–H and O–H groups in total. The van der Waals surface area contributed by atoms with Gasteiger partial charge in [0.05, 0.1) is 7.11 Å². The third-order valence-corrected chi connectivity index (χ3v) is 6.97. The third kappa shape index (κ3) is 5.47. The maximum absolute atomic E-state index is 11.6. The highest BCUT2D eigenvalue weighted by molar-refractivity contribution is 5.75. The van der Waals surface area contributed by atoms with E-state index < -0.39 is 6.10 Å². The van der Waals surface area contributed by atoms with Crippen LogP contribution in [0.3, 0.4) is 0 Å². The van der Waals surface area contributed by atoms with Gasteiger partial charge in [-0.3, -0.25) is 0 Å². The van der Waals surface area contributed by atoms with Crippen LogP contribution in [-0.2, 0) is 9.53 Å². The van der Waals surface area contributed by atoms with E-state index in [1.54, 1.807) is 6.92 Å². The minimum absolute atomic E-state index is 0.383. The first-order valence-electron chi connectivity index (χ1n) is 12.0. The van der Waals surface area contributed by atoms with Crippen LogP contribution in [-0.4, -0.2) is 19.2 Å². The van der Waals surface area contributed by atoms with E-state index in [0.717, 1.165) is 17.4 Å². The number of rotatable bonds is 6. The lowest BCUT2D eigenvalue weighted by molar-refractivity contribution is -0.147. The van der Waals surface area contributed by atoms with Crippen LogP contribution in [0.15, 0.2) is 66.7 Å². The van der Waals surface area contributed by atoms with Crippen molar-refractivity contribution in [1.82, 2.24) is 0 Å². The van der Waals surface area contributed by atoms with Crippen LogP contribution in [0.25, 0.3) is 22.3 Å². The van der Waals surface area contributed by atoms with E-state index in [2.05, 4.69) is 56.3 Å². The summed E-state index contributed by atoms with van der Waals surface area (Å²) in [6.07, 6.45) is 4.71. The van der Waals surface area contributed by atoms with Crippen LogP contribution in [0.2, 0.25) is 0 Å². The molecule has 1 saturated carbocycles. The van der Waals surface area contributed by atoms with E-state index in [-0.39, 0.29) is 5.97 Å². The van der Waals surface area contributed by atoms with Crippen molar-refractivity contribution >= 4 is 5.97 Å². The maximum atomic E-state index is 11.6. The third-order valence-electron chi connectivity index (χ3n) is 6.97. The number of esters is 1. The number of ether oxygens (including phenoxy) is 2. The second-order valence-electron chi connectivity index (χ2n) is 9.42. The van der Waals surface area contributed by atoms with Crippen LogP contribution in [0, 0.1) is 12.8 Å². The second-order valence-corrected chi connectivity index (χ2v) is 9.42. The van der Waals surface area contributed by atoms with Gasteiger partial charge in [0.25, 0.3) is 0 Å². The fourth-order valence-corrected chi connectivity index (χ4v) is 4.84. The highest BCUT2D eigenvalue weighted by atomic mass is 16.6. The molecule has 33 heavy (non-hydrogen) atoms. The Bertz CT molecular complexity index is 1070. The lowest BCUT2D eigenvalue weighted by Gasteiger charge is -2.26. The number of hydrogen-bond acceptors (Lipinski definition) is 3. The summed E-state index contributed by atoms with van der Waals surface area (Å²) >= 11 is 0. The van der Waals surface area contributed by atoms with Gasteiger partial charge in [-0.2, -0.15) is 0 Å². The molecule has 0 bridgehead atoms. The zero-order valence-corrected chi connectivity index (χ0v) is 20.1. The molecular weight excluding hydrogens is 408 g/mol. The van der Waals surface area contributed by atoms with Crippen molar-refractivity contribution in [3.63, 3.8) is 0 Å². The molecule has 1 unspecified atom stereocenters. The van der Waals surface area contributed by atoms with Gasteiger partial charge in [-0.05, 0) is 84.0 Å². The summed E-state index contributed by atoms with van der Waals surface area (Å²) in [4.78, 5) is 11.6. The first-order valence-corrected chi connectivity index (χ1v) is 12.0. The Hall–Kier alpha value is -3.07. The maximum Gasteiger partial charge on any atom is 0.346 e. The van der Waals surface area contributed by atoms with Gasteiger partial charge in [0, 0.05) is 0 Å². The van der Waals surface area contributed by atoms with Gasteiger partial charge in [0.15, 0.2) is 6.10 Å². The zero-order chi connectivity index (χ0) is 23.4. The minimum atomic E-state index is -0.630. The van der Waals surface area contributed by atoms with Crippen LogP contribution < -0.4 is 4.74 Å². The van der Waals surface area contributed by atoms with E-state index >= 15 is 0 Å². The average Bonchev–Trinajstić information content (AvgIpc) is 2.84. The predicted molar refractivity (Wildman–Crippen MR) is 135 cm³/mol. The molecule has 172 valence electrons. The normalized spacial score (nSPS) is 19.0. The number of carbonyl (C=O) groups excluding carboxylic acids is 1. The first kappa shape index (κ1) is 23.1. The van der Waals surface area contributed by atoms with E-state index in [1.165, 1.54) is 60.6 Å². The Balaban J connectivity index is 1.46. The summed E-state index contributed by atoms with van der Waals surface area (Å²) in [5.41, 5.74) is 7.54. The molecule has 0 heterocycles. The van der Waals surface area contributed by atoms with E-state index in [4.69, 9.17) is 9.47 Å². The van der Waals surface area contributed by atoms with Crippen molar-refractivity contribution in [2.24, 2.45) is 5.92 Å². The Morgan fingerprint density at radius 2 is 1.45 bits per heavy atom. The van der Waals surface area contributed by atoms with Crippen molar-refractivity contribution in [2.45, 2.75) is 58.5 Å². The van der Waals surface area contributed by atoms with Crippen molar-refractivity contribution in [3.05, 3.63) is 77.9 Å². The van der Waals surface area contributed by atoms with Crippen molar-refractivity contribution in [2.75, 3.05) is 7.11 Å². The molecule has 4 rings (SSSR count). The standard InChI is InChI=1S/C30H34O3/c1-20-5-7-23(8-6-20)24-9-11-25(12-10-24)27-15-18-29(21(2)19-27)26-13-16-28(17-14-26)33-22(3)30(31)32-4/h9-20,22-23H,5-8H2,1-4H3. The highest BCUT2D eigenvalue weighted by Gasteiger charge is 2.19. The molecule has 3 aromatic carbocycles. The molecular formula is C30H34O3. The van der Waals surface area contributed by atoms with Gasteiger partial charge in [-0.1, -0.05) is 74.4 Å². The largest absolute Gasteiger partial charge is 0.479 e. The first-order chi connectivity index (χ1) is 15.9. The van der Waals surface area contributed by atoms with E-state index in [9.17, 15) is 4.79 Å². The smallest absolute Gasteiger partial charge is 0.346 e. The molecule has 1 fully saturated rings. The topological polar surface area (TPSA) is 35.5 Å². The predicted octanol–water partition coefficient (Wildman–Crippen LogP) is 7.56. The fraction of sp³-hybridized carbons (Fsp3) is 0.367. The summed E-state index contributed by atoms with van der Waals surface area (Å²) in [7, 11) is 1.36. The molecule has 3 heteroatoms. The Labute approximate surface area is 197 Å². The lowest BCUT2D eigenvalue weighted by atomic mass is 9.79. The van der Waals surface area contributed by atoms with Gasteiger partial charge < -0.3 is 9.47 Å². The van der Waals surface area contributed by atoms with E-state index in [0.29, 0.717) is 5.75 Å². The summed E-state index contributed by atoms with van der Waals surface area (Å²) in [5.74, 6) is 1.88. The van der Waals surface area contributed by atoms with Crippen molar-refractivity contribution < 1.29 is 14.3 Å². The SMILES string of the molecule is COC(=O)C(C)Oc1ccc(-c2ccc(-c3ccc(C4CCC(C)CC4)cc3)cc2C)cc1. The zero-order valence-electron chi connectivity index (χ0n) is 20.1. The average molecular weight is 443 g/mol. The van der Waals surface area contributed by atoms with Crippen molar-refractivity contribution in [1.29, 1.82) is 0 Å². The summed E-state index contributed by atoms with van der Waals surface area (Å²) in [6.45, 7) is 6.21. The number of carbonyl (C=O) groups is 1. The highest BCUT2D eigenvalue weighted by Crippen LogP contribution is 2.36. The van der Waals surface area contributed by atoms with Gasteiger partial charge in [-0.15, -0.1) is 0 Å². The molecule has 1 atom stereocenters. The van der Waals surface area contributed by atoms with Crippen LogP contribution >= 0.6 is 0 Å². The van der Waals surface area contributed by atoms with Gasteiger partial charge in [0.2, 0.25) is 0 Å². The Kier molecular flexibility index (Phi) is 7.17. The van der Waals surface area contributed by atoms with E-state index in [1.807, 2.05) is 24.3 Å². The molecule has 0 amide bonds. The minimum Gasteiger partial charge on any atom is -0.479 e. The molecule has 0 radical (unpaired) electrons. The number of hydrogen-bond donors (Lipinski definition) is 0. The van der Waals surface area contributed by atoms with Crippen molar-refractivity contribution in [3.8, 4) is 28.0 Å². The summed E-state index contributed by atoms with van der Waals surface area (Å²) in [5, 5.41) is 0. The Morgan fingerprint density at radius 1 is 0.848 bits per heavy atom.